The topological polar surface area (TPSA) is 49.8 Å². The van der Waals surface area contributed by atoms with Gasteiger partial charge in [0, 0.05) is 6.54 Å². The highest BCUT2D eigenvalue weighted by Crippen LogP contribution is 2.29. The van der Waals surface area contributed by atoms with Crippen LogP contribution in [0, 0.1) is 6.92 Å². The molecule has 1 N–H and O–H groups in total. The van der Waals surface area contributed by atoms with E-state index < -0.39 is 0 Å². The number of piperidine rings is 1. The SMILES string of the molecule is Cc1c(COc2ccc(CN3CCCCC3)cc2Cl)cccc1-c1ccccc1.O=CO. The Labute approximate surface area is 195 Å². The predicted octanol–water partition coefficient (Wildman–Crippen LogP) is 6.58. The molecule has 1 heterocycles. The molecule has 1 saturated heterocycles. The van der Waals surface area contributed by atoms with E-state index >= 15 is 0 Å². The third-order valence-corrected chi connectivity index (χ3v) is 6.06. The number of carbonyl (C=O) groups is 1. The van der Waals surface area contributed by atoms with Gasteiger partial charge in [-0.2, -0.15) is 0 Å². The minimum Gasteiger partial charge on any atom is -0.487 e. The normalized spacial score (nSPS) is 13.7. The van der Waals surface area contributed by atoms with Gasteiger partial charge in [0.1, 0.15) is 12.4 Å². The minimum absolute atomic E-state index is 0.250. The number of hydrogen-bond donors (Lipinski definition) is 1. The molecule has 5 heteroatoms. The summed E-state index contributed by atoms with van der Waals surface area (Å²) in [5, 5.41) is 7.58. The first-order valence-corrected chi connectivity index (χ1v) is 11.4. The van der Waals surface area contributed by atoms with E-state index in [9.17, 15) is 0 Å². The number of nitrogens with zero attached hydrogens (tertiary/aromatic N) is 1. The van der Waals surface area contributed by atoms with Gasteiger partial charge in [0.15, 0.2) is 0 Å². The molecule has 4 nitrogen and oxygen atoms in total. The maximum Gasteiger partial charge on any atom is 0.290 e. The molecule has 1 aliphatic rings. The van der Waals surface area contributed by atoms with Crippen LogP contribution < -0.4 is 4.74 Å². The van der Waals surface area contributed by atoms with E-state index in [0.29, 0.717) is 11.6 Å². The largest absolute Gasteiger partial charge is 0.487 e. The smallest absolute Gasteiger partial charge is 0.290 e. The summed E-state index contributed by atoms with van der Waals surface area (Å²) in [6.07, 6.45) is 3.96. The Morgan fingerprint density at radius 2 is 1.72 bits per heavy atom. The molecule has 168 valence electrons. The zero-order valence-corrected chi connectivity index (χ0v) is 19.2. The predicted molar refractivity (Wildman–Crippen MR) is 130 cm³/mol. The van der Waals surface area contributed by atoms with Crippen molar-refractivity contribution in [3.63, 3.8) is 0 Å². The van der Waals surface area contributed by atoms with Gasteiger partial charge in [-0.15, -0.1) is 0 Å². The highest BCUT2D eigenvalue weighted by atomic mass is 35.5. The second-order valence-electron chi connectivity index (χ2n) is 7.95. The summed E-state index contributed by atoms with van der Waals surface area (Å²) in [6, 6.07) is 23.1. The number of carboxylic acid groups (broad SMARTS) is 1. The van der Waals surface area contributed by atoms with Crippen LogP contribution in [0.4, 0.5) is 0 Å². The maximum absolute atomic E-state index is 8.36. The number of ether oxygens (including phenoxy) is 1. The van der Waals surface area contributed by atoms with Crippen molar-refractivity contribution in [2.24, 2.45) is 0 Å². The van der Waals surface area contributed by atoms with E-state index in [0.717, 1.165) is 12.3 Å². The van der Waals surface area contributed by atoms with Crippen LogP contribution in [0.15, 0.2) is 66.7 Å². The van der Waals surface area contributed by atoms with E-state index in [1.807, 2.05) is 12.1 Å². The Morgan fingerprint density at radius 1 is 1.00 bits per heavy atom. The third kappa shape index (κ3) is 6.59. The lowest BCUT2D eigenvalue weighted by molar-refractivity contribution is -0.122. The van der Waals surface area contributed by atoms with E-state index in [4.69, 9.17) is 26.2 Å². The lowest BCUT2D eigenvalue weighted by Gasteiger charge is -2.26. The first-order chi connectivity index (χ1) is 15.6. The monoisotopic (exact) mass is 451 g/mol. The van der Waals surface area contributed by atoms with E-state index in [-0.39, 0.29) is 6.47 Å². The number of hydrogen-bond acceptors (Lipinski definition) is 3. The lowest BCUT2D eigenvalue weighted by Crippen LogP contribution is -2.29. The van der Waals surface area contributed by atoms with Gasteiger partial charge in [-0.3, -0.25) is 9.69 Å². The molecule has 32 heavy (non-hydrogen) atoms. The maximum atomic E-state index is 8.36. The molecule has 0 saturated carbocycles. The summed E-state index contributed by atoms with van der Waals surface area (Å²) >= 11 is 6.54. The molecule has 0 radical (unpaired) electrons. The molecule has 0 amide bonds. The zero-order chi connectivity index (χ0) is 22.8. The third-order valence-electron chi connectivity index (χ3n) is 5.77. The van der Waals surface area contributed by atoms with Crippen LogP contribution in [-0.2, 0) is 17.9 Å². The Kier molecular flexibility index (Phi) is 9.14. The van der Waals surface area contributed by atoms with E-state index in [1.165, 1.54) is 60.2 Å². The summed E-state index contributed by atoms with van der Waals surface area (Å²) in [7, 11) is 0. The van der Waals surface area contributed by atoms with Crippen LogP contribution in [0.5, 0.6) is 5.75 Å². The number of benzene rings is 3. The molecule has 0 spiro atoms. The quantitative estimate of drug-likeness (QED) is 0.430. The van der Waals surface area contributed by atoms with Crippen LogP contribution in [0.1, 0.15) is 36.0 Å². The Balaban J connectivity index is 0.000000913. The van der Waals surface area contributed by atoms with Crippen LogP contribution in [0.25, 0.3) is 11.1 Å². The minimum atomic E-state index is -0.250. The Morgan fingerprint density at radius 3 is 2.41 bits per heavy atom. The summed E-state index contributed by atoms with van der Waals surface area (Å²) in [5.41, 5.74) is 6.16. The van der Waals surface area contributed by atoms with Crippen LogP contribution in [-0.4, -0.2) is 29.6 Å². The fraction of sp³-hybridized carbons (Fsp3) is 0.296. The van der Waals surface area contributed by atoms with Crippen molar-refractivity contribution in [3.8, 4) is 16.9 Å². The highest BCUT2D eigenvalue weighted by Gasteiger charge is 2.12. The van der Waals surface area contributed by atoms with Gasteiger partial charge in [0.2, 0.25) is 0 Å². The standard InChI is InChI=1S/C26H28ClNO.CH2O2/c1-20-23(11-8-12-24(20)22-9-4-2-5-10-22)19-29-26-14-13-21(17-25(26)27)18-28-15-6-3-7-16-28;2-1-3/h2,4-5,8-14,17H,3,6-7,15-16,18-19H2,1H3;1H,(H,2,3). The average Bonchev–Trinajstić information content (AvgIpc) is 2.81. The van der Waals surface area contributed by atoms with Gasteiger partial charge in [-0.1, -0.05) is 72.6 Å². The highest BCUT2D eigenvalue weighted by molar-refractivity contribution is 6.32. The van der Waals surface area contributed by atoms with Gasteiger partial charge in [-0.05, 0) is 72.8 Å². The van der Waals surface area contributed by atoms with Crippen molar-refractivity contribution in [1.82, 2.24) is 4.90 Å². The molecule has 3 aromatic carbocycles. The molecule has 0 aromatic heterocycles. The molecule has 0 aliphatic carbocycles. The fourth-order valence-electron chi connectivity index (χ4n) is 4.06. The van der Waals surface area contributed by atoms with Crippen LogP contribution >= 0.6 is 11.6 Å². The van der Waals surface area contributed by atoms with Crippen LogP contribution in [0.2, 0.25) is 5.02 Å². The molecule has 0 bridgehead atoms. The molecule has 1 aliphatic heterocycles. The lowest BCUT2D eigenvalue weighted by atomic mass is 9.97. The first-order valence-electron chi connectivity index (χ1n) is 11.0. The molecule has 4 rings (SSSR count). The Bertz CT molecular complexity index is 1000. The Hall–Kier alpha value is -2.82. The summed E-state index contributed by atoms with van der Waals surface area (Å²) < 4.78 is 6.09. The molecule has 0 unspecified atom stereocenters. The van der Waals surface area contributed by atoms with E-state index in [2.05, 4.69) is 66.4 Å². The van der Waals surface area contributed by atoms with E-state index in [1.54, 1.807) is 0 Å². The first kappa shape index (κ1) is 23.8. The molecular weight excluding hydrogens is 422 g/mol. The molecular formula is C27H30ClNO3. The summed E-state index contributed by atoms with van der Waals surface area (Å²) in [5.74, 6) is 0.749. The summed E-state index contributed by atoms with van der Waals surface area (Å²) in [4.78, 5) is 10.9. The zero-order valence-electron chi connectivity index (χ0n) is 18.5. The van der Waals surface area contributed by atoms with Gasteiger partial charge >= 0.3 is 0 Å². The van der Waals surface area contributed by atoms with Gasteiger partial charge in [0.05, 0.1) is 5.02 Å². The van der Waals surface area contributed by atoms with Crippen molar-refractivity contribution >= 4 is 18.1 Å². The van der Waals surface area contributed by atoms with Gasteiger partial charge in [-0.25, -0.2) is 0 Å². The van der Waals surface area contributed by atoms with Crippen molar-refractivity contribution in [1.29, 1.82) is 0 Å². The second-order valence-corrected chi connectivity index (χ2v) is 8.36. The van der Waals surface area contributed by atoms with Crippen molar-refractivity contribution in [2.75, 3.05) is 13.1 Å². The second kappa shape index (κ2) is 12.3. The van der Waals surface area contributed by atoms with Crippen molar-refractivity contribution in [2.45, 2.75) is 39.3 Å². The van der Waals surface area contributed by atoms with Crippen molar-refractivity contribution in [3.05, 3.63) is 88.4 Å². The average molecular weight is 452 g/mol. The number of halogens is 1. The molecule has 0 atom stereocenters. The number of likely N-dealkylation sites (tertiary alicyclic amines) is 1. The van der Waals surface area contributed by atoms with Crippen LogP contribution in [0.3, 0.4) is 0 Å². The van der Waals surface area contributed by atoms with Gasteiger partial charge < -0.3 is 9.84 Å². The van der Waals surface area contributed by atoms with Crippen molar-refractivity contribution < 1.29 is 14.6 Å². The van der Waals surface area contributed by atoms with Gasteiger partial charge in [0.25, 0.3) is 6.47 Å². The molecule has 3 aromatic rings. The summed E-state index contributed by atoms with van der Waals surface area (Å²) in [6.45, 7) is 5.76. The number of rotatable bonds is 6. The molecule has 1 fully saturated rings. The fourth-order valence-corrected chi connectivity index (χ4v) is 4.32.